The zero-order valence-corrected chi connectivity index (χ0v) is 18.2. The minimum Gasteiger partial charge on any atom is -0.493 e. The van der Waals surface area contributed by atoms with E-state index in [1.54, 1.807) is 18.3 Å². The van der Waals surface area contributed by atoms with Gasteiger partial charge in [-0.2, -0.15) is 0 Å². The molecule has 0 bridgehead atoms. The molecule has 2 heterocycles. The highest BCUT2D eigenvalue weighted by Gasteiger charge is 2.22. The Morgan fingerprint density at radius 2 is 2.03 bits per heavy atom. The highest BCUT2D eigenvalue weighted by atomic mass is 32.1. The van der Waals surface area contributed by atoms with Crippen LogP contribution in [0.5, 0.6) is 22.4 Å². The average molecular weight is 441 g/mol. The van der Waals surface area contributed by atoms with Gasteiger partial charge in [-0.15, -0.1) is 10.2 Å². The number of hydrogen-bond donors (Lipinski definition) is 1. The fraction of sp³-hybridized carbons (Fsp3) is 0.364. The van der Waals surface area contributed by atoms with Crippen molar-refractivity contribution in [1.29, 1.82) is 0 Å². The topological polar surface area (TPSA) is 95.5 Å². The highest BCUT2D eigenvalue weighted by molar-refractivity contribution is 7.16. The zero-order chi connectivity index (χ0) is 21.6. The Bertz CT molecular complexity index is 1020. The molecule has 1 N–H and O–H groups in total. The van der Waals surface area contributed by atoms with E-state index in [0.29, 0.717) is 39.9 Å². The number of thiazole rings is 1. The molecule has 1 amide bonds. The summed E-state index contributed by atoms with van der Waals surface area (Å²) in [5.41, 5.74) is 0.628. The van der Waals surface area contributed by atoms with Gasteiger partial charge in [-0.3, -0.25) is 4.79 Å². The summed E-state index contributed by atoms with van der Waals surface area (Å²) in [5, 5.41) is 12.5. The molecule has 3 aromatic rings. The molecule has 1 atom stereocenters. The molecule has 0 radical (unpaired) electrons. The van der Waals surface area contributed by atoms with Gasteiger partial charge in [-0.1, -0.05) is 17.4 Å². The lowest BCUT2D eigenvalue weighted by atomic mass is 10.3. The normalized spacial score (nSPS) is 14.0. The maximum Gasteiger partial charge on any atom is 0.238 e. The molecule has 0 saturated heterocycles. The predicted octanol–water partition coefficient (Wildman–Crippen LogP) is 4.08. The zero-order valence-electron chi connectivity index (χ0n) is 17.4. The van der Waals surface area contributed by atoms with Gasteiger partial charge < -0.3 is 19.5 Å². The number of carbonyl (C=O) groups excluding carboxylic acids is 1. The third kappa shape index (κ3) is 6.39. The summed E-state index contributed by atoms with van der Waals surface area (Å²) < 4.78 is 17.3. The number of rotatable bonds is 10. The molecule has 1 aliphatic carbocycles. The van der Waals surface area contributed by atoms with E-state index in [2.05, 4.69) is 20.5 Å². The maximum atomic E-state index is 11.1. The molecule has 9 heteroatoms. The minimum atomic E-state index is -0.0869. The SMILES string of the molecule is CC(=O)NC(C)COc1cnc(-c2ccc(Oc3cccc(OCC4CC4)c3)nn2)s1. The van der Waals surface area contributed by atoms with Crippen molar-refractivity contribution in [1.82, 2.24) is 20.5 Å². The van der Waals surface area contributed by atoms with E-state index in [0.717, 1.165) is 12.4 Å². The molecule has 1 unspecified atom stereocenters. The van der Waals surface area contributed by atoms with Crippen LogP contribution in [0.2, 0.25) is 0 Å². The number of hydrogen-bond acceptors (Lipinski definition) is 8. The number of benzene rings is 1. The molecule has 1 fully saturated rings. The van der Waals surface area contributed by atoms with Gasteiger partial charge in [0.2, 0.25) is 11.8 Å². The molecule has 1 saturated carbocycles. The molecular formula is C22H24N4O4S. The van der Waals surface area contributed by atoms with Crippen LogP contribution in [0.1, 0.15) is 26.7 Å². The third-order valence-corrected chi connectivity index (χ3v) is 5.41. The van der Waals surface area contributed by atoms with E-state index in [4.69, 9.17) is 14.2 Å². The van der Waals surface area contributed by atoms with E-state index in [-0.39, 0.29) is 11.9 Å². The number of nitrogens with zero attached hydrogens (tertiary/aromatic N) is 3. The molecule has 162 valence electrons. The monoisotopic (exact) mass is 440 g/mol. The molecule has 0 aliphatic heterocycles. The fourth-order valence-corrected chi connectivity index (χ4v) is 3.52. The lowest BCUT2D eigenvalue weighted by Gasteiger charge is -2.11. The van der Waals surface area contributed by atoms with Crippen LogP contribution >= 0.6 is 11.3 Å². The standard InChI is InChI=1S/C22H24N4O4S/c1-14(24-15(2)27)12-29-21-11-23-22(31-21)19-8-9-20(26-25-19)30-18-5-3-4-17(10-18)28-13-16-6-7-16/h3-5,8-11,14,16H,6-7,12-13H2,1-2H3,(H,24,27). The van der Waals surface area contributed by atoms with Gasteiger partial charge in [0.1, 0.15) is 28.8 Å². The van der Waals surface area contributed by atoms with Crippen molar-refractivity contribution in [3.05, 3.63) is 42.6 Å². The van der Waals surface area contributed by atoms with Gasteiger partial charge in [0.05, 0.1) is 18.8 Å². The first kappa shape index (κ1) is 21.0. The highest BCUT2D eigenvalue weighted by Crippen LogP contribution is 2.32. The van der Waals surface area contributed by atoms with Crippen LogP contribution < -0.4 is 19.5 Å². The summed E-state index contributed by atoms with van der Waals surface area (Å²) in [7, 11) is 0. The fourth-order valence-electron chi connectivity index (χ4n) is 2.78. The van der Waals surface area contributed by atoms with Crippen molar-refractivity contribution in [3.63, 3.8) is 0 Å². The first-order valence-electron chi connectivity index (χ1n) is 10.2. The van der Waals surface area contributed by atoms with E-state index in [1.807, 2.05) is 31.2 Å². The van der Waals surface area contributed by atoms with Crippen LogP contribution in [0.3, 0.4) is 0 Å². The Labute approximate surface area is 184 Å². The Balaban J connectivity index is 1.32. The first-order valence-corrected chi connectivity index (χ1v) is 11.0. The molecule has 1 aliphatic rings. The summed E-state index contributed by atoms with van der Waals surface area (Å²) in [6.45, 7) is 4.47. The second-order valence-electron chi connectivity index (χ2n) is 7.49. The van der Waals surface area contributed by atoms with Gasteiger partial charge in [0, 0.05) is 19.1 Å². The Kier molecular flexibility index (Phi) is 6.61. The quantitative estimate of drug-likeness (QED) is 0.507. The molecule has 2 aromatic heterocycles. The second-order valence-corrected chi connectivity index (χ2v) is 8.48. The summed E-state index contributed by atoms with van der Waals surface area (Å²) in [4.78, 5) is 15.4. The summed E-state index contributed by atoms with van der Waals surface area (Å²) in [6, 6.07) is 11.0. The third-order valence-electron chi connectivity index (χ3n) is 4.48. The Hall–Kier alpha value is -3.20. The molecular weight excluding hydrogens is 416 g/mol. The Morgan fingerprint density at radius 1 is 1.19 bits per heavy atom. The van der Waals surface area contributed by atoms with E-state index in [1.165, 1.54) is 31.1 Å². The van der Waals surface area contributed by atoms with Crippen LogP contribution in [0.4, 0.5) is 0 Å². The van der Waals surface area contributed by atoms with Gasteiger partial charge >= 0.3 is 0 Å². The van der Waals surface area contributed by atoms with E-state index < -0.39 is 0 Å². The van der Waals surface area contributed by atoms with Gasteiger partial charge in [0.25, 0.3) is 0 Å². The van der Waals surface area contributed by atoms with E-state index >= 15 is 0 Å². The average Bonchev–Trinajstić information content (AvgIpc) is 3.47. The molecule has 1 aromatic carbocycles. The first-order chi connectivity index (χ1) is 15.0. The van der Waals surface area contributed by atoms with Crippen LogP contribution in [0.25, 0.3) is 10.7 Å². The predicted molar refractivity (Wildman–Crippen MR) is 117 cm³/mol. The summed E-state index contributed by atoms with van der Waals surface area (Å²) in [5.74, 6) is 2.43. The van der Waals surface area contributed by atoms with Crippen molar-refractivity contribution < 1.29 is 19.0 Å². The largest absolute Gasteiger partial charge is 0.493 e. The lowest BCUT2D eigenvalue weighted by Crippen LogP contribution is -2.35. The van der Waals surface area contributed by atoms with Crippen LogP contribution in [-0.4, -0.2) is 40.3 Å². The van der Waals surface area contributed by atoms with Crippen LogP contribution in [0.15, 0.2) is 42.6 Å². The molecule has 0 spiro atoms. The molecule has 4 rings (SSSR count). The van der Waals surface area contributed by atoms with Gasteiger partial charge in [-0.25, -0.2) is 4.98 Å². The number of carbonyl (C=O) groups is 1. The van der Waals surface area contributed by atoms with Gasteiger partial charge in [-0.05, 0) is 43.9 Å². The summed E-state index contributed by atoms with van der Waals surface area (Å²) >= 11 is 1.37. The lowest BCUT2D eigenvalue weighted by molar-refractivity contribution is -0.119. The second kappa shape index (κ2) is 9.74. The molecule has 8 nitrogen and oxygen atoms in total. The van der Waals surface area contributed by atoms with Crippen molar-refractivity contribution >= 4 is 17.2 Å². The van der Waals surface area contributed by atoms with Crippen molar-refractivity contribution in [2.45, 2.75) is 32.7 Å². The van der Waals surface area contributed by atoms with Crippen molar-refractivity contribution in [2.75, 3.05) is 13.2 Å². The minimum absolute atomic E-state index is 0.0862. The van der Waals surface area contributed by atoms with E-state index in [9.17, 15) is 4.79 Å². The Morgan fingerprint density at radius 3 is 2.77 bits per heavy atom. The van der Waals surface area contributed by atoms with Gasteiger partial charge in [0.15, 0.2) is 5.06 Å². The van der Waals surface area contributed by atoms with Crippen molar-refractivity contribution in [2.24, 2.45) is 5.92 Å². The van der Waals surface area contributed by atoms with Crippen LogP contribution in [0, 0.1) is 5.92 Å². The summed E-state index contributed by atoms with van der Waals surface area (Å²) in [6.07, 6.45) is 4.14. The maximum absolute atomic E-state index is 11.1. The number of aromatic nitrogens is 3. The van der Waals surface area contributed by atoms with Crippen molar-refractivity contribution in [3.8, 4) is 33.1 Å². The molecule has 31 heavy (non-hydrogen) atoms. The number of ether oxygens (including phenoxy) is 3. The number of amides is 1. The van der Waals surface area contributed by atoms with Crippen LogP contribution in [-0.2, 0) is 4.79 Å². The number of nitrogens with one attached hydrogen (secondary N) is 1. The smallest absolute Gasteiger partial charge is 0.238 e.